The largest absolute Gasteiger partial charge is 0.493 e. The first-order valence-electron chi connectivity index (χ1n) is 10.5. The highest BCUT2D eigenvalue weighted by Crippen LogP contribution is 2.33. The van der Waals surface area contributed by atoms with Gasteiger partial charge in [-0.2, -0.15) is 4.31 Å². The molecule has 1 aliphatic rings. The van der Waals surface area contributed by atoms with Crippen LogP contribution < -0.4 is 19.5 Å². The molecule has 0 radical (unpaired) electrons. The zero-order valence-corrected chi connectivity index (χ0v) is 19.5. The third-order valence-corrected chi connectivity index (χ3v) is 7.28. The second-order valence-corrected chi connectivity index (χ2v) is 9.68. The minimum absolute atomic E-state index is 0.0379. The van der Waals surface area contributed by atoms with Crippen LogP contribution in [0.15, 0.2) is 42.5 Å². The first-order chi connectivity index (χ1) is 15.3. The lowest BCUT2D eigenvalue weighted by molar-refractivity contribution is -0.127. The maximum atomic E-state index is 12.8. The van der Waals surface area contributed by atoms with Crippen molar-refractivity contribution in [3.05, 3.63) is 53.6 Å². The maximum absolute atomic E-state index is 12.8. The summed E-state index contributed by atoms with van der Waals surface area (Å²) in [7, 11) is -0.312. The van der Waals surface area contributed by atoms with Gasteiger partial charge in [-0.05, 0) is 55.2 Å². The van der Waals surface area contributed by atoms with E-state index in [4.69, 9.17) is 14.2 Å². The van der Waals surface area contributed by atoms with Gasteiger partial charge in [-0.3, -0.25) is 4.79 Å². The number of nitrogens with one attached hydrogen (secondary N) is 1. The monoisotopic (exact) mass is 462 g/mol. The Bertz CT molecular complexity index is 1030. The summed E-state index contributed by atoms with van der Waals surface area (Å²) in [5.41, 5.74) is 1.98. The summed E-state index contributed by atoms with van der Waals surface area (Å²) < 4.78 is 43.4. The molecule has 2 aromatic carbocycles. The zero-order valence-electron chi connectivity index (χ0n) is 18.7. The Morgan fingerprint density at radius 1 is 1.09 bits per heavy atom. The van der Waals surface area contributed by atoms with Crippen LogP contribution in [0.2, 0.25) is 0 Å². The summed E-state index contributed by atoms with van der Waals surface area (Å²) in [6.07, 6.45) is 0.265. The normalized spacial score (nSPS) is 14.8. The lowest BCUT2D eigenvalue weighted by Gasteiger charge is -2.29. The summed E-state index contributed by atoms with van der Waals surface area (Å²) in [6.45, 7) is 2.63. The fourth-order valence-electron chi connectivity index (χ4n) is 3.59. The lowest BCUT2D eigenvalue weighted by atomic mass is 10.0. The highest BCUT2D eigenvalue weighted by atomic mass is 32.2. The van der Waals surface area contributed by atoms with Gasteiger partial charge in [-0.1, -0.05) is 18.2 Å². The fraction of sp³-hybridized carbons (Fsp3) is 0.435. The molecule has 32 heavy (non-hydrogen) atoms. The van der Waals surface area contributed by atoms with Gasteiger partial charge in [0.2, 0.25) is 10.0 Å². The molecule has 174 valence electrons. The molecule has 1 N–H and O–H groups in total. The van der Waals surface area contributed by atoms with Crippen LogP contribution in [0.5, 0.6) is 17.2 Å². The van der Waals surface area contributed by atoms with Crippen molar-refractivity contribution in [2.45, 2.75) is 32.4 Å². The van der Waals surface area contributed by atoms with Crippen LogP contribution in [0, 0.1) is 0 Å². The molecule has 1 aliphatic heterocycles. The van der Waals surface area contributed by atoms with Crippen molar-refractivity contribution in [1.29, 1.82) is 0 Å². The molecule has 0 spiro atoms. The van der Waals surface area contributed by atoms with Gasteiger partial charge in [0.25, 0.3) is 5.91 Å². The number of amides is 1. The van der Waals surface area contributed by atoms with Crippen molar-refractivity contribution in [3.63, 3.8) is 0 Å². The van der Waals surface area contributed by atoms with E-state index in [1.807, 2.05) is 30.3 Å². The number of hydrogen-bond donors (Lipinski definition) is 1. The van der Waals surface area contributed by atoms with Gasteiger partial charge >= 0.3 is 0 Å². The summed E-state index contributed by atoms with van der Waals surface area (Å²) >= 11 is 0. The first kappa shape index (κ1) is 23.9. The Labute approximate surface area is 189 Å². The van der Waals surface area contributed by atoms with Crippen LogP contribution >= 0.6 is 0 Å². The average molecular weight is 463 g/mol. The third-order valence-electron chi connectivity index (χ3n) is 5.38. The lowest BCUT2D eigenvalue weighted by Crippen LogP contribution is -2.39. The van der Waals surface area contributed by atoms with Gasteiger partial charge < -0.3 is 19.5 Å². The van der Waals surface area contributed by atoms with Gasteiger partial charge in [-0.15, -0.1) is 0 Å². The molecule has 1 atom stereocenters. The average Bonchev–Trinajstić information content (AvgIpc) is 2.80. The van der Waals surface area contributed by atoms with E-state index in [1.165, 1.54) is 4.31 Å². The number of sulfonamides is 1. The van der Waals surface area contributed by atoms with Crippen molar-refractivity contribution in [3.8, 4) is 17.2 Å². The molecule has 0 aliphatic carbocycles. The van der Waals surface area contributed by atoms with Gasteiger partial charge in [0, 0.05) is 19.6 Å². The number of fused-ring (bicyclic) bond motifs is 1. The number of carbonyl (C=O) groups excluding carboxylic acids is 1. The molecular formula is C23H30N2O6S. The summed E-state index contributed by atoms with van der Waals surface area (Å²) in [6, 6.07) is 12.8. The van der Waals surface area contributed by atoms with E-state index in [2.05, 4.69) is 5.32 Å². The van der Waals surface area contributed by atoms with Crippen LogP contribution in [-0.4, -0.2) is 57.8 Å². The smallest absolute Gasteiger partial charge is 0.260 e. The molecule has 0 saturated carbocycles. The second-order valence-electron chi connectivity index (χ2n) is 7.59. The molecule has 0 fully saturated rings. The number of para-hydroxylation sites is 1. The van der Waals surface area contributed by atoms with Crippen LogP contribution in [-0.2, 0) is 27.8 Å². The summed E-state index contributed by atoms with van der Waals surface area (Å²) in [5, 5.41) is 2.74. The molecule has 1 unspecified atom stereocenters. The first-order valence-corrected chi connectivity index (χ1v) is 12.2. The van der Waals surface area contributed by atoms with E-state index in [0.29, 0.717) is 43.2 Å². The minimum atomic E-state index is -3.45. The molecule has 0 aromatic heterocycles. The number of ether oxygens (including phenoxy) is 3. The summed E-state index contributed by atoms with van der Waals surface area (Å²) in [4.78, 5) is 12.2. The number of carbonyl (C=O) groups is 1. The standard InChI is InChI=1S/C23H30N2O6S/c1-17(31-20-8-5-4-6-9-20)23(26)24-11-7-13-32(27,28)25-12-10-18-14-21(29-2)22(30-3)15-19(18)16-25/h4-6,8-9,14-15,17H,7,10-13,16H2,1-3H3,(H,24,26). The number of nitrogens with zero attached hydrogens (tertiary/aromatic N) is 1. The minimum Gasteiger partial charge on any atom is -0.493 e. The number of benzene rings is 2. The van der Waals surface area contributed by atoms with E-state index in [9.17, 15) is 13.2 Å². The van der Waals surface area contributed by atoms with E-state index in [1.54, 1.807) is 33.3 Å². The molecule has 2 aromatic rings. The Morgan fingerprint density at radius 2 is 1.75 bits per heavy atom. The SMILES string of the molecule is COc1cc2c(cc1OC)CN(S(=O)(=O)CCCNC(=O)C(C)Oc1ccccc1)CC2. The summed E-state index contributed by atoms with van der Waals surface area (Å²) in [5.74, 6) is 1.52. The van der Waals surface area contributed by atoms with Crippen molar-refractivity contribution in [2.75, 3.05) is 33.1 Å². The van der Waals surface area contributed by atoms with E-state index in [0.717, 1.165) is 11.1 Å². The van der Waals surface area contributed by atoms with Crippen LogP contribution in [0.3, 0.4) is 0 Å². The van der Waals surface area contributed by atoms with E-state index >= 15 is 0 Å². The van der Waals surface area contributed by atoms with Gasteiger partial charge in [0.1, 0.15) is 5.75 Å². The quantitative estimate of drug-likeness (QED) is 0.545. The molecule has 8 nitrogen and oxygen atoms in total. The van der Waals surface area contributed by atoms with Crippen LogP contribution in [0.4, 0.5) is 0 Å². The van der Waals surface area contributed by atoms with E-state index < -0.39 is 16.1 Å². The fourth-order valence-corrected chi connectivity index (χ4v) is 5.06. The Morgan fingerprint density at radius 3 is 2.41 bits per heavy atom. The molecule has 3 rings (SSSR count). The molecule has 1 amide bonds. The number of hydrogen-bond acceptors (Lipinski definition) is 6. The van der Waals surface area contributed by atoms with Crippen LogP contribution in [0.1, 0.15) is 24.5 Å². The van der Waals surface area contributed by atoms with Gasteiger partial charge in [-0.25, -0.2) is 8.42 Å². The predicted octanol–water partition coefficient (Wildman–Crippen LogP) is 2.37. The van der Waals surface area contributed by atoms with Crippen molar-refractivity contribution >= 4 is 15.9 Å². The zero-order chi connectivity index (χ0) is 23.1. The Hall–Kier alpha value is -2.78. The number of methoxy groups -OCH3 is 2. The van der Waals surface area contributed by atoms with Crippen molar-refractivity contribution in [2.24, 2.45) is 0 Å². The second kappa shape index (κ2) is 10.7. The molecule has 9 heteroatoms. The van der Waals surface area contributed by atoms with Gasteiger partial charge in [0.15, 0.2) is 17.6 Å². The Balaban J connectivity index is 1.49. The van der Waals surface area contributed by atoms with E-state index in [-0.39, 0.29) is 18.2 Å². The predicted molar refractivity (Wildman–Crippen MR) is 122 cm³/mol. The van der Waals surface area contributed by atoms with Crippen molar-refractivity contribution < 1.29 is 27.4 Å². The molecule has 1 heterocycles. The number of rotatable bonds is 10. The van der Waals surface area contributed by atoms with Gasteiger partial charge in [0.05, 0.1) is 20.0 Å². The topological polar surface area (TPSA) is 94.2 Å². The molecule has 0 saturated heterocycles. The maximum Gasteiger partial charge on any atom is 0.260 e. The molecular weight excluding hydrogens is 432 g/mol. The highest BCUT2D eigenvalue weighted by Gasteiger charge is 2.27. The third kappa shape index (κ3) is 5.92. The Kier molecular flexibility index (Phi) is 7.98. The van der Waals surface area contributed by atoms with Crippen LogP contribution in [0.25, 0.3) is 0 Å². The van der Waals surface area contributed by atoms with Crippen molar-refractivity contribution in [1.82, 2.24) is 9.62 Å². The molecule has 0 bridgehead atoms. The highest BCUT2D eigenvalue weighted by molar-refractivity contribution is 7.89.